The minimum Gasteiger partial charge on any atom is -0.380 e. The van der Waals surface area contributed by atoms with E-state index in [1.54, 1.807) is 0 Å². The van der Waals surface area contributed by atoms with Crippen molar-refractivity contribution < 1.29 is 10.2 Å². The van der Waals surface area contributed by atoms with Crippen molar-refractivity contribution in [2.75, 3.05) is 0 Å². The maximum atomic E-state index is 12.7. The third kappa shape index (κ3) is 5.91. The van der Waals surface area contributed by atoms with Crippen molar-refractivity contribution >= 4 is 46.4 Å². The van der Waals surface area contributed by atoms with Gasteiger partial charge in [0, 0.05) is 31.9 Å². The minimum absolute atomic E-state index is 0.235. The maximum absolute atomic E-state index is 12.7. The number of halogens is 4. The molecule has 0 unspecified atom stereocenters. The van der Waals surface area contributed by atoms with Crippen LogP contribution in [-0.4, -0.2) is 10.2 Å². The normalized spacial score (nSPS) is 17.4. The molecule has 0 heterocycles. The van der Waals surface area contributed by atoms with Crippen LogP contribution >= 0.6 is 46.4 Å². The fourth-order valence-electron chi connectivity index (χ4n) is 6.34. The molecule has 42 heavy (non-hydrogen) atoms. The molecule has 0 bridgehead atoms. The smallest absolute Gasteiger partial charge is 0.121 e. The maximum Gasteiger partial charge on any atom is 0.121 e. The number of hydrogen-bond acceptors (Lipinski definition) is 2. The number of aliphatic hydroxyl groups is 2. The van der Waals surface area contributed by atoms with E-state index in [4.69, 9.17) is 46.4 Å². The van der Waals surface area contributed by atoms with E-state index >= 15 is 0 Å². The second-order valence-corrected chi connectivity index (χ2v) is 13.4. The van der Waals surface area contributed by atoms with Gasteiger partial charge in [0.1, 0.15) is 11.2 Å². The van der Waals surface area contributed by atoms with Crippen molar-refractivity contribution in [1.82, 2.24) is 0 Å². The van der Waals surface area contributed by atoms with Gasteiger partial charge in [-0.3, -0.25) is 0 Å². The summed E-state index contributed by atoms with van der Waals surface area (Å²) in [6.07, 6.45) is 8.38. The van der Waals surface area contributed by atoms with Gasteiger partial charge in [-0.25, -0.2) is 0 Å². The molecule has 0 radical (unpaired) electrons. The van der Waals surface area contributed by atoms with Crippen molar-refractivity contribution in [2.45, 2.75) is 36.9 Å². The van der Waals surface area contributed by atoms with E-state index in [0.29, 0.717) is 20.1 Å². The second-order valence-electron chi connectivity index (χ2n) is 11.7. The van der Waals surface area contributed by atoms with E-state index in [-0.39, 0.29) is 23.7 Å². The molecular formula is C36H32Cl4O2. The number of rotatable bonds is 10. The van der Waals surface area contributed by atoms with E-state index in [1.165, 1.54) is 0 Å². The lowest BCUT2D eigenvalue weighted by Crippen LogP contribution is -2.39. The highest BCUT2D eigenvalue weighted by Crippen LogP contribution is 2.53. The van der Waals surface area contributed by atoms with Crippen LogP contribution in [-0.2, 0) is 11.2 Å². The summed E-state index contributed by atoms with van der Waals surface area (Å²) in [6.45, 7) is 0. The number of hydrogen-bond donors (Lipinski definition) is 2. The Hall–Kier alpha value is -2.30. The zero-order chi connectivity index (χ0) is 29.5. The van der Waals surface area contributed by atoms with Crippen LogP contribution < -0.4 is 0 Å². The zero-order valence-electron chi connectivity index (χ0n) is 22.9. The summed E-state index contributed by atoms with van der Waals surface area (Å²) in [5.74, 6) is 0.106. The minimum atomic E-state index is -1.32. The first-order valence-corrected chi connectivity index (χ1v) is 15.9. The second kappa shape index (κ2) is 12.0. The van der Waals surface area contributed by atoms with Gasteiger partial charge < -0.3 is 10.2 Å². The molecule has 2 aliphatic carbocycles. The Labute approximate surface area is 267 Å². The summed E-state index contributed by atoms with van der Waals surface area (Å²) in [5.41, 5.74) is 0.432. The molecule has 6 heteroatoms. The van der Waals surface area contributed by atoms with Gasteiger partial charge in [-0.05, 0) is 108 Å². The molecule has 6 rings (SSSR count). The fraction of sp³-hybridized carbons (Fsp3) is 0.278. The van der Waals surface area contributed by atoms with Crippen LogP contribution in [0, 0.1) is 23.7 Å². The number of benzene rings is 4. The third-order valence-electron chi connectivity index (χ3n) is 8.89. The van der Waals surface area contributed by atoms with E-state index in [2.05, 4.69) is 12.2 Å². The van der Waals surface area contributed by atoms with Gasteiger partial charge in [-0.1, -0.05) is 107 Å². The fourth-order valence-corrected chi connectivity index (χ4v) is 6.85. The van der Waals surface area contributed by atoms with Crippen LogP contribution in [0.25, 0.3) is 0 Å². The molecule has 2 aliphatic rings. The lowest BCUT2D eigenvalue weighted by atomic mass is 9.70. The average molecular weight is 638 g/mol. The summed E-state index contributed by atoms with van der Waals surface area (Å²) in [5, 5.41) is 27.9. The SMILES string of the molecule is OC(c1ccc(Cl)cc1)(c1ccc(Cl)cc1)[C@H](/C=C\[C@@H](C1CC1)C(O)(c1ccc(Cl)cc1)c1ccc(Cl)cc1)C1CC1. The van der Waals surface area contributed by atoms with Gasteiger partial charge in [0.05, 0.1) is 0 Å². The van der Waals surface area contributed by atoms with Crippen molar-refractivity contribution in [1.29, 1.82) is 0 Å². The van der Waals surface area contributed by atoms with Crippen LogP contribution in [0.1, 0.15) is 47.9 Å². The van der Waals surface area contributed by atoms with E-state index in [1.807, 2.05) is 97.1 Å². The first-order chi connectivity index (χ1) is 20.2. The van der Waals surface area contributed by atoms with Gasteiger partial charge in [0.2, 0.25) is 0 Å². The molecule has 2 nitrogen and oxygen atoms in total. The standard InChI is InChI=1S/C36H32Cl4O2/c37-29-13-5-25(6-14-29)35(41,26-7-15-30(38)16-8-26)33(23-1-2-23)21-22-34(24-3-4-24)36(42,27-9-17-31(39)18-10-27)28-11-19-32(40)20-12-28/h5-24,33-34,41-42H,1-4H2/b22-21-/t33-,34+. The molecule has 0 spiro atoms. The first kappa shape index (κ1) is 29.8. The van der Waals surface area contributed by atoms with Crippen LogP contribution in [0.3, 0.4) is 0 Å². The highest BCUT2D eigenvalue weighted by Gasteiger charge is 2.49. The third-order valence-corrected chi connectivity index (χ3v) is 9.90. The quantitative estimate of drug-likeness (QED) is 0.170. The summed E-state index contributed by atoms with van der Waals surface area (Å²) >= 11 is 25.0. The molecule has 0 aliphatic heterocycles. The molecule has 0 aromatic heterocycles. The average Bonchev–Trinajstić information content (AvgIpc) is 3.91. The van der Waals surface area contributed by atoms with E-state index in [9.17, 15) is 10.2 Å². The molecule has 216 valence electrons. The van der Waals surface area contributed by atoms with Crippen LogP contribution in [0.15, 0.2) is 109 Å². The first-order valence-electron chi connectivity index (χ1n) is 14.4. The molecule has 2 atom stereocenters. The molecule has 2 saturated carbocycles. The van der Waals surface area contributed by atoms with Gasteiger partial charge in [0.15, 0.2) is 0 Å². The molecular weight excluding hydrogens is 606 g/mol. The van der Waals surface area contributed by atoms with E-state index < -0.39 is 11.2 Å². The summed E-state index contributed by atoms with van der Waals surface area (Å²) in [4.78, 5) is 0. The molecule has 0 amide bonds. The highest BCUT2D eigenvalue weighted by atomic mass is 35.5. The van der Waals surface area contributed by atoms with Gasteiger partial charge in [0.25, 0.3) is 0 Å². The van der Waals surface area contributed by atoms with Gasteiger partial charge in [-0.2, -0.15) is 0 Å². The Morgan fingerprint density at radius 2 is 0.667 bits per heavy atom. The Morgan fingerprint density at radius 1 is 0.452 bits per heavy atom. The Kier molecular flexibility index (Phi) is 8.50. The van der Waals surface area contributed by atoms with Crippen molar-refractivity contribution in [3.8, 4) is 0 Å². The monoisotopic (exact) mass is 636 g/mol. The lowest BCUT2D eigenvalue weighted by Gasteiger charge is -2.39. The van der Waals surface area contributed by atoms with Crippen molar-refractivity contribution in [3.05, 3.63) is 152 Å². The lowest BCUT2D eigenvalue weighted by molar-refractivity contribution is 0.0197. The summed E-state index contributed by atoms with van der Waals surface area (Å²) < 4.78 is 0. The van der Waals surface area contributed by atoms with Crippen LogP contribution in [0.5, 0.6) is 0 Å². The predicted octanol–water partition coefficient (Wildman–Crippen LogP) is 10.1. The topological polar surface area (TPSA) is 40.5 Å². The zero-order valence-corrected chi connectivity index (χ0v) is 26.0. The summed E-state index contributed by atoms with van der Waals surface area (Å²) in [6, 6.07) is 29.7. The van der Waals surface area contributed by atoms with Crippen molar-refractivity contribution in [2.24, 2.45) is 23.7 Å². The largest absolute Gasteiger partial charge is 0.380 e. The summed E-state index contributed by atoms with van der Waals surface area (Å²) in [7, 11) is 0. The molecule has 4 aromatic rings. The van der Waals surface area contributed by atoms with Crippen LogP contribution in [0.2, 0.25) is 20.1 Å². The van der Waals surface area contributed by atoms with Gasteiger partial charge in [-0.15, -0.1) is 0 Å². The van der Waals surface area contributed by atoms with Crippen LogP contribution in [0.4, 0.5) is 0 Å². The molecule has 2 N–H and O–H groups in total. The van der Waals surface area contributed by atoms with E-state index in [0.717, 1.165) is 47.9 Å². The Bertz CT molecular complexity index is 1330. The predicted molar refractivity (Wildman–Crippen MR) is 173 cm³/mol. The molecule has 2 fully saturated rings. The Morgan fingerprint density at radius 3 is 0.857 bits per heavy atom. The highest BCUT2D eigenvalue weighted by molar-refractivity contribution is 6.31. The Balaban J connectivity index is 1.47. The molecule has 0 saturated heterocycles. The van der Waals surface area contributed by atoms with Crippen molar-refractivity contribution in [3.63, 3.8) is 0 Å². The molecule has 4 aromatic carbocycles. The van der Waals surface area contributed by atoms with Gasteiger partial charge >= 0.3 is 0 Å².